The number of aromatic nitrogens is 4. The van der Waals surface area contributed by atoms with Gasteiger partial charge in [0.25, 0.3) is 0 Å². The Morgan fingerprint density at radius 1 is 1.18 bits per heavy atom. The number of carbonyl (C=O) groups excluding carboxylic acids is 1. The van der Waals surface area contributed by atoms with Crippen LogP contribution in [0.15, 0.2) is 70.0 Å². The number of amides is 1. The molecule has 1 amide bonds. The number of rotatable bonds is 8. The van der Waals surface area contributed by atoms with E-state index in [1.165, 1.54) is 0 Å². The van der Waals surface area contributed by atoms with Crippen molar-refractivity contribution in [3.63, 3.8) is 0 Å². The van der Waals surface area contributed by atoms with Gasteiger partial charge in [0.2, 0.25) is 17.7 Å². The van der Waals surface area contributed by atoms with Crippen molar-refractivity contribution in [1.29, 1.82) is 0 Å². The van der Waals surface area contributed by atoms with Crippen molar-refractivity contribution in [2.24, 2.45) is 0 Å². The molecule has 28 heavy (non-hydrogen) atoms. The van der Waals surface area contributed by atoms with E-state index < -0.39 is 0 Å². The van der Waals surface area contributed by atoms with Crippen LogP contribution in [0.3, 0.4) is 0 Å². The largest absolute Gasteiger partial charge is 0.421 e. The van der Waals surface area contributed by atoms with E-state index in [2.05, 4.69) is 20.6 Å². The fourth-order valence-corrected chi connectivity index (χ4v) is 3.49. The minimum Gasteiger partial charge on any atom is -0.421 e. The first-order valence-corrected chi connectivity index (χ1v) is 9.89. The van der Waals surface area contributed by atoms with E-state index in [0.29, 0.717) is 24.7 Å². The van der Waals surface area contributed by atoms with Crippen LogP contribution in [0.5, 0.6) is 0 Å². The van der Waals surface area contributed by atoms with Crippen LogP contribution in [0.4, 0.5) is 0 Å². The fourth-order valence-electron chi connectivity index (χ4n) is 2.86. The van der Waals surface area contributed by atoms with Crippen LogP contribution in [-0.2, 0) is 17.8 Å². The zero-order valence-electron chi connectivity index (χ0n) is 15.1. The second-order valence-electron chi connectivity index (χ2n) is 6.27. The van der Waals surface area contributed by atoms with Gasteiger partial charge >= 0.3 is 0 Å². The van der Waals surface area contributed by atoms with Crippen molar-refractivity contribution < 1.29 is 9.21 Å². The number of nitrogens with zero attached hydrogens (tertiary/aromatic N) is 4. The molecule has 142 valence electrons. The molecular weight excluding hydrogens is 374 g/mol. The maximum absolute atomic E-state index is 12.5. The molecular formula is C20H19N5O2S. The summed E-state index contributed by atoms with van der Waals surface area (Å²) >= 11 is 1.57. The van der Waals surface area contributed by atoms with Gasteiger partial charge in [-0.15, -0.1) is 10.2 Å². The lowest BCUT2D eigenvalue weighted by Crippen LogP contribution is -2.31. The van der Waals surface area contributed by atoms with Crippen molar-refractivity contribution in [2.75, 3.05) is 0 Å². The van der Waals surface area contributed by atoms with Crippen LogP contribution in [-0.4, -0.2) is 25.9 Å². The molecule has 1 aromatic carbocycles. The summed E-state index contributed by atoms with van der Waals surface area (Å²) in [6, 6.07) is 13.5. The van der Waals surface area contributed by atoms with Gasteiger partial charge in [-0.25, -0.2) is 0 Å². The molecule has 0 saturated carbocycles. The van der Waals surface area contributed by atoms with Gasteiger partial charge in [-0.2, -0.15) is 16.4 Å². The van der Waals surface area contributed by atoms with Crippen molar-refractivity contribution in [3.05, 3.63) is 77.1 Å². The number of aryl methyl sites for hydroxylation is 1. The Morgan fingerprint density at radius 3 is 2.82 bits per heavy atom. The van der Waals surface area contributed by atoms with Gasteiger partial charge in [0.15, 0.2) is 0 Å². The summed E-state index contributed by atoms with van der Waals surface area (Å²) in [5, 5.41) is 19.3. The Hall–Kier alpha value is -3.26. The average Bonchev–Trinajstić information content (AvgIpc) is 3.48. The van der Waals surface area contributed by atoms with E-state index in [9.17, 15) is 4.79 Å². The molecule has 0 radical (unpaired) electrons. The van der Waals surface area contributed by atoms with Gasteiger partial charge in [-0.1, -0.05) is 30.3 Å². The molecule has 0 bridgehead atoms. The molecule has 3 heterocycles. The number of benzene rings is 1. The number of hydrogen-bond acceptors (Lipinski definition) is 6. The van der Waals surface area contributed by atoms with Crippen LogP contribution >= 0.6 is 11.3 Å². The monoisotopic (exact) mass is 393 g/mol. The minimum atomic E-state index is -0.169. The fraction of sp³-hybridized carbons (Fsp3) is 0.200. The third-order valence-electron chi connectivity index (χ3n) is 4.27. The lowest BCUT2D eigenvalue weighted by Gasteiger charge is -2.19. The topological polar surface area (TPSA) is 85.8 Å². The van der Waals surface area contributed by atoms with Crippen molar-refractivity contribution in [2.45, 2.75) is 25.4 Å². The average molecular weight is 393 g/mol. The molecule has 1 atom stereocenters. The molecule has 4 aromatic rings. The van der Waals surface area contributed by atoms with E-state index in [4.69, 9.17) is 4.42 Å². The number of nitrogens with one attached hydrogen (secondary N) is 1. The number of thiophene rings is 1. The summed E-state index contributed by atoms with van der Waals surface area (Å²) in [6.45, 7) is 0.561. The van der Waals surface area contributed by atoms with E-state index in [1.54, 1.807) is 17.5 Å². The zero-order chi connectivity index (χ0) is 19.2. The van der Waals surface area contributed by atoms with Gasteiger partial charge in [-0.3, -0.25) is 9.48 Å². The zero-order valence-corrected chi connectivity index (χ0v) is 15.9. The quantitative estimate of drug-likeness (QED) is 0.495. The summed E-state index contributed by atoms with van der Waals surface area (Å²) in [5.74, 6) is 0.869. The molecule has 8 heteroatoms. The Morgan fingerprint density at radius 2 is 2.07 bits per heavy atom. The molecule has 0 aliphatic heterocycles. The number of hydrogen-bond donors (Lipinski definition) is 1. The van der Waals surface area contributed by atoms with Gasteiger partial charge in [0.1, 0.15) is 0 Å². The Kier molecular flexibility index (Phi) is 5.58. The first-order valence-electron chi connectivity index (χ1n) is 8.94. The Balaban J connectivity index is 1.37. The standard InChI is InChI=1S/C20H19N5O2S/c26-18(7-8-19-23-24-20(27-19)16-9-12-28-14-16)22-17(13-25-11-4-10-21-25)15-5-2-1-3-6-15/h1-6,9-12,14,17H,7-8,13H2,(H,22,26). The summed E-state index contributed by atoms with van der Waals surface area (Å²) in [5.41, 5.74) is 1.93. The van der Waals surface area contributed by atoms with Gasteiger partial charge < -0.3 is 9.73 Å². The predicted molar refractivity (Wildman–Crippen MR) is 105 cm³/mol. The first kappa shape index (κ1) is 18.1. The highest BCUT2D eigenvalue weighted by molar-refractivity contribution is 7.08. The molecule has 1 unspecified atom stereocenters. The predicted octanol–water partition coefficient (Wildman–Crippen LogP) is 3.48. The molecule has 0 aliphatic rings. The lowest BCUT2D eigenvalue weighted by atomic mass is 10.1. The third-order valence-corrected chi connectivity index (χ3v) is 4.95. The van der Waals surface area contributed by atoms with Crippen LogP contribution < -0.4 is 5.32 Å². The minimum absolute atomic E-state index is 0.0729. The summed E-state index contributed by atoms with van der Waals surface area (Å²) in [7, 11) is 0. The van der Waals surface area contributed by atoms with Crippen LogP contribution in [0.1, 0.15) is 23.9 Å². The summed E-state index contributed by atoms with van der Waals surface area (Å²) in [4.78, 5) is 12.5. The van der Waals surface area contributed by atoms with Gasteiger partial charge in [0.05, 0.1) is 12.6 Å². The molecule has 3 aromatic heterocycles. The highest BCUT2D eigenvalue weighted by atomic mass is 32.1. The second kappa shape index (κ2) is 8.62. The highest BCUT2D eigenvalue weighted by Gasteiger charge is 2.17. The van der Waals surface area contributed by atoms with E-state index in [1.807, 2.05) is 64.1 Å². The normalized spacial score (nSPS) is 12.0. The van der Waals surface area contributed by atoms with E-state index in [-0.39, 0.29) is 18.4 Å². The molecule has 4 rings (SSSR count). The van der Waals surface area contributed by atoms with Crippen LogP contribution in [0.2, 0.25) is 0 Å². The van der Waals surface area contributed by atoms with Crippen molar-refractivity contribution in [3.8, 4) is 11.5 Å². The molecule has 7 nitrogen and oxygen atoms in total. The van der Waals surface area contributed by atoms with Crippen molar-refractivity contribution in [1.82, 2.24) is 25.3 Å². The second-order valence-corrected chi connectivity index (χ2v) is 7.05. The smallest absolute Gasteiger partial charge is 0.248 e. The maximum Gasteiger partial charge on any atom is 0.248 e. The Labute approximate surface area is 166 Å². The molecule has 0 saturated heterocycles. The lowest BCUT2D eigenvalue weighted by molar-refractivity contribution is -0.122. The Bertz CT molecular complexity index is 997. The molecule has 1 N–H and O–H groups in total. The van der Waals surface area contributed by atoms with E-state index in [0.717, 1.165) is 11.1 Å². The summed E-state index contributed by atoms with van der Waals surface area (Å²) < 4.78 is 7.45. The third kappa shape index (κ3) is 4.52. The number of carbonyl (C=O) groups is 1. The molecule has 0 aliphatic carbocycles. The van der Waals surface area contributed by atoms with Crippen molar-refractivity contribution >= 4 is 17.2 Å². The van der Waals surface area contributed by atoms with Gasteiger partial charge in [-0.05, 0) is 23.1 Å². The molecule has 0 fully saturated rings. The maximum atomic E-state index is 12.5. The van der Waals surface area contributed by atoms with Gasteiger partial charge in [0, 0.05) is 36.2 Å². The SMILES string of the molecule is O=C(CCc1nnc(-c2ccsc2)o1)NC(Cn1cccn1)c1ccccc1. The molecule has 0 spiro atoms. The van der Waals surface area contributed by atoms with Crippen LogP contribution in [0.25, 0.3) is 11.5 Å². The summed E-state index contributed by atoms with van der Waals surface area (Å²) in [6.07, 6.45) is 4.27. The van der Waals surface area contributed by atoms with Crippen LogP contribution in [0, 0.1) is 0 Å². The highest BCUT2D eigenvalue weighted by Crippen LogP contribution is 2.21. The first-order chi connectivity index (χ1) is 13.8. The van der Waals surface area contributed by atoms with E-state index >= 15 is 0 Å².